The molecule has 3 N–H and O–H groups in total. The highest BCUT2D eigenvalue weighted by Crippen LogP contribution is 2.33. The van der Waals surface area contributed by atoms with Crippen LogP contribution in [0.5, 0.6) is 0 Å². The van der Waals surface area contributed by atoms with Crippen molar-refractivity contribution >= 4 is 10.0 Å². The van der Waals surface area contributed by atoms with Crippen molar-refractivity contribution in [3.05, 3.63) is 0 Å². The van der Waals surface area contributed by atoms with Gasteiger partial charge in [0.05, 0.1) is 11.4 Å². The Morgan fingerprint density at radius 2 is 1.95 bits per heavy atom. The highest BCUT2D eigenvalue weighted by molar-refractivity contribution is 7.89. The topological polar surface area (TPSA) is 83.6 Å². The van der Waals surface area contributed by atoms with Crippen LogP contribution in [0.4, 0.5) is 0 Å². The van der Waals surface area contributed by atoms with E-state index in [1.54, 1.807) is 0 Å². The van der Waals surface area contributed by atoms with E-state index in [4.69, 9.17) is 5.14 Å². The summed E-state index contributed by atoms with van der Waals surface area (Å²) in [6.45, 7) is 4.62. The van der Waals surface area contributed by atoms with E-state index in [1.165, 1.54) is 0 Å². The Labute approximate surface area is 122 Å². The summed E-state index contributed by atoms with van der Waals surface area (Å²) in [6.07, 6.45) is 5.82. The highest BCUT2D eigenvalue weighted by Gasteiger charge is 2.35. The average Bonchev–Trinajstić information content (AvgIpc) is 2.31. The lowest BCUT2D eigenvalue weighted by Gasteiger charge is -2.41. The lowest BCUT2D eigenvalue weighted by Crippen LogP contribution is -2.49. The fourth-order valence-corrected chi connectivity index (χ4v) is 4.56. The van der Waals surface area contributed by atoms with Gasteiger partial charge in [0.15, 0.2) is 0 Å². The van der Waals surface area contributed by atoms with E-state index in [0.29, 0.717) is 12.5 Å². The van der Waals surface area contributed by atoms with E-state index in [-0.39, 0.29) is 11.7 Å². The number of hydrogen-bond acceptors (Lipinski definition) is 4. The lowest BCUT2D eigenvalue weighted by molar-refractivity contribution is -0.0415. The maximum absolute atomic E-state index is 11.2. The summed E-state index contributed by atoms with van der Waals surface area (Å²) >= 11 is 0. The molecule has 20 heavy (non-hydrogen) atoms. The number of primary sulfonamides is 1. The van der Waals surface area contributed by atoms with Crippen LogP contribution >= 0.6 is 0 Å². The lowest BCUT2D eigenvalue weighted by atomic mass is 9.79. The van der Waals surface area contributed by atoms with Gasteiger partial charge in [-0.1, -0.05) is 6.92 Å². The van der Waals surface area contributed by atoms with Crippen molar-refractivity contribution < 1.29 is 13.5 Å². The maximum atomic E-state index is 11.2. The summed E-state index contributed by atoms with van der Waals surface area (Å²) in [4.78, 5) is 2.23. The number of piperidine rings is 1. The standard InChI is InChI=1S/C14H28N2O3S/c1-12-4-6-14(17,7-5-12)11-16-8-2-3-13(9-16)10-20(15,18)19/h12-13,17H,2-11H2,1H3,(H2,15,18,19)/t12?,13-,14?/m0/s1. The Balaban J connectivity index is 1.86. The van der Waals surface area contributed by atoms with Gasteiger partial charge in [-0.25, -0.2) is 13.6 Å². The van der Waals surface area contributed by atoms with Crippen LogP contribution < -0.4 is 5.14 Å². The number of sulfonamides is 1. The summed E-state index contributed by atoms with van der Waals surface area (Å²) in [5.74, 6) is 0.899. The number of rotatable bonds is 4. The monoisotopic (exact) mass is 304 g/mol. The molecule has 2 rings (SSSR count). The molecule has 1 heterocycles. The minimum absolute atomic E-state index is 0.0684. The smallest absolute Gasteiger partial charge is 0.209 e. The Morgan fingerprint density at radius 3 is 2.55 bits per heavy atom. The molecule has 0 aromatic carbocycles. The van der Waals surface area contributed by atoms with E-state index >= 15 is 0 Å². The second kappa shape index (κ2) is 6.30. The minimum Gasteiger partial charge on any atom is -0.389 e. The van der Waals surface area contributed by atoms with Crippen molar-refractivity contribution in [2.45, 2.75) is 51.0 Å². The third kappa shape index (κ3) is 4.98. The van der Waals surface area contributed by atoms with E-state index in [0.717, 1.165) is 51.6 Å². The highest BCUT2D eigenvalue weighted by atomic mass is 32.2. The van der Waals surface area contributed by atoms with Crippen LogP contribution in [-0.4, -0.2) is 49.4 Å². The van der Waals surface area contributed by atoms with Crippen molar-refractivity contribution in [2.75, 3.05) is 25.4 Å². The maximum Gasteiger partial charge on any atom is 0.209 e. The Bertz CT molecular complexity index is 416. The van der Waals surface area contributed by atoms with Gasteiger partial charge >= 0.3 is 0 Å². The van der Waals surface area contributed by atoms with E-state index in [9.17, 15) is 13.5 Å². The third-order valence-corrected chi connectivity index (χ3v) is 5.73. The molecule has 1 aliphatic heterocycles. The predicted octanol–water partition coefficient (Wildman–Crippen LogP) is 0.928. The number of aliphatic hydroxyl groups is 1. The van der Waals surface area contributed by atoms with Gasteiger partial charge in [0, 0.05) is 13.1 Å². The summed E-state index contributed by atoms with van der Waals surface area (Å²) < 4.78 is 22.4. The molecule has 118 valence electrons. The van der Waals surface area contributed by atoms with E-state index < -0.39 is 15.6 Å². The molecule has 0 bridgehead atoms. The zero-order chi connectivity index (χ0) is 14.8. The second-order valence-corrected chi connectivity index (χ2v) is 8.64. The molecule has 1 atom stereocenters. The zero-order valence-electron chi connectivity index (χ0n) is 12.4. The zero-order valence-corrected chi connectivity index (χ0v) is 13.2. The van der Waals surface area contributed by atoms with Gasteiger partial charge in [0.25, 0.3) is 0 Å². The SMILES string of the molecule is CC1CCC(O)(CN2CCC[C@H](CS(N)(=O)=O)C2)CC1. The van der Waals surface area contributed by atoms with Crippen molar-refractivity contribution in [2.24, 2.45) is 17.0 Å². The summed E-state index contributed by atoms with van der Waals surface area (Å²) in [5.41, 5.74) is -0.573. The molecule has 2 fully saturated rings. The van der Waals surface area contributed by atoms with Gasteiger partial charge in [-0.05, 0) is 56.9 Å². The number of hydrogen-bond donors (Lipinski definition) is 2. The van der Waals surface area contributed by atoms with Crippen LogP contribution in [0.1, 0.15) is 45.4 Å². The molecule has 6 heteroatoms. The van der Waals surface area contributed by atoms with Crippen LogP contribution in [0, 0.1) is 11.8 Å². The van der Waals surface area contributed by atoms with Gasteiger partial charge in [0.1, 0.15) is 0 Å². The second-order valence-electron chi connectivity index (χ2n) is 6.98. The molecule has 0 radical (unpaired) electrons. The first-order chi connectivity index (χ1) is 9.26. The molecule has 1 aliphatic carbocycles. The van der Waals surface area contributed by atoms with Crippen molar-refractivity contribution in [3.8, 4) is 0 Å². The summed E-state index contributed by atoms with van der Waals surface area (Å²) in [5, 5.41) is 15.8. The molecule has 1 saturated carbocycles. The molecule has 0 aromatic rings. The average molecular weight is 304 g/mol. The summed E-state index contributed by atoms with van der Waals surface area (Å²) in [7, 11) is -3.39. The molecule has 0 unspecified atom stereocenters. The fraction of sp³-hybridized carbons (Fsp3) is 1.00. The first-order valence-electron chi connectivity index (χ1n) is 7.71. The van der Waals surface area contributed by atoms with Gasteiger partial charge in [0.2, 0.25) is 10.0 Å². The van der Waals surface area contributed by atoms with Gasteiger partial charge in [-0.15, -0.1) is 0 Å². The Kier molecular flexibility index (Phi) is 5.10. The van der Waals surface area contributed by atoms with Gasteiger partial charge < -0.3 is 10.0 Å². The Hall–Kier alpha value is -0.170. The molecule has 0 amide bonds. The van der Waals surface area contributed by atoms with Gasteiger partial charge in [-0.2, -0.15) is 0 Å². The quantitative estimate of drug-likeness (QED) is 0.809. The minimum atomic E-state index is -3.39. The molecular weight excluding hydrogens is 276 g/mol. The molecular formula is C14H28N2O3S. The number of nitrogens with zero attached hydrogens (tertiary/aromatic N) is 1. The third-order valence-electron chi connectivity index (χ3n) is 4.79. The summed E-state index contributed by atoms with van der Waals surface area (Å²) in [6, 6.07) is 0. The van der Waals surface area contributed by atoms with Crippen molar-refractivity contribution in [1.29, 1.82) is 0 Å². The normalized spacial score (nSPS) is 37.0. The van der Waals surface area contributed by atoms with Crippen LogP contribution in [0.2, 0.25) is 0 Å². The van der Waals surface area contributed by atoms with Crippen LogP contribution in [0.3, 0.4) is 0 Å². The number of β-amino-alcohol motifs (C(OH)–C–C–N with tert-alkyl or cyclic N) is 1. The van der Waals surface area contributed by atoms with Crippen molar-refractivity contribution in [3.63, 3.8) is 0 Å². The predicted molar refractivity (Wildman–Crippen MR) is 79.7 cm³/mol. The molecule has 2 aliphatic rings. The van der Waals surface area contributed by atoms with Crippen LogP contribution in [0.25, 0.3) is 0 Å². The first kappa shape index (κ1) is 16.2. The molecule has 1 saturated heterocycles. The Morgan fingerprint density at radius 1 is 1.30 bits per heavy atom. The number of likely N-dealkylation sites (tertiary alicyclic amines) is 1. The first-order valence-corrected chi connectivity index (χ1v) is 9.42. The van der Waals surface area contributed by atoms with Crippen molar-refractivity contribution in [1.82, 2.24) is 4.90 Å². The fourth-order valence-electron chi connectivity index (χ4n) is 3.63. The number of nitrogens with two attached hydrogens (primary N) is 1. The molecule has 5 nitrogen and oxygen atoms in total. The van der Waals surface area contributed by atoms with E-state index in [2.05, 4.69) is 11.8 Å². The van der Waals surface area contributed by atoms with Gasteiger partial charge in [-0.3, -0.25) is 0 Å². The largest absolute Gasteiger partial charge is 0.389 e. The molecule has 0 spiro atoms. The van der Waals surface area contributed by atoms with Crippen LogP contribution in [-0.2, 0) is 10.0 Å². The van der Waals surface area contributed by atoms with Crippen LogP contribution in [0.15, 0.2) is 0 Å². The molecule has 0 aromatic heterocycles. The van der Waals surface area contributed by atoms with E-state index in [1.807, 2.05) is 0 Å².